The first-order valence-electron chi connectivity index (χ1n) is 20.0. The Kier molecular flexibility index (Phi) is 9.83. The fraction of sp³-hybridized carbons (Fsp3) is 0.949. The SMILES string of the molecule is C[C@@H]1CC[C@]2(NC1)O[C@@H]1C[C@@H]3[C@H]4CC=C5C[C@@H](O[C@H]6O[C@@H](CO)[C@H](O[C@@H]7O[C@H](C)[C@H](O)[C@H](O)[C@@H]7O)[C@@H](O)[C@@H]6O)CC[C@@]5(C)[C@@H]4CC[C@@]3(C)[C@@H]1[C@H]2C. The van der Waals surface area contributed by atoms with E-state index in [0.29, 0.717) is 47.0 Å². The summed E-state index contributed by atoms with van der Waals surface area (Å²) in [6.45, 7) is 11.9. The summed E-state index contributed by atoms with van der Waals surface area (Å²) in [5.74, 6) is 3.74. The van der Waals surface area contributed by atoms with Crippen molar-refractivity contribution in [3.63, 3.8) is 0 Å². The molecular formula is C39H63NO11. The minimum atomic E-state index is -1.60. The largest absolute Gasteiger partial charge is 0.394 e. The van der Waals surface area contributed by atoms with Crippen molar-refractivity contribution >= 4 is 0 Å². The van der Waals surface area contributed by atoms with Gasteiger partial charge in [-0.15, -0.1) is 0 Å². The average Bonchev–Trinajstić information content (AvgIpc) is 3.56. The second kappa shape index (κ2) is 13.5. The highest BCUT2D eigenvalue weighted by Gasteiger charge is 2.68. The van der Waals surface area contributed by atoms with Gasteiger partial charge in [0.05, 0.1) is 24.9 Å². The van der Waals surface area contributed by atoms with E-state index in [1.54, 1.807) is 0 Å². The summed E-state index contributed by atoms with van der Waals surface area (Å²) in [6.07, 6.45) is -1.11. The third-order valence-electron chi connectivity index (χ3n) is 15.8. The van der Waals surface area contributed by atoms with Gasteiger partial charge in [-0.3, -0.25) is 5.32 Å². The summed E-state index contributed by atoms with van der Waals surface area (Å²) < 4.78 is 30.7. The van der Waals surface area contributed by atoms with Gasteiger partial charge in [0, 0.05) is 12.5 Å². The molecule has 21 atom stereocenters. The van der Waals surface area contributed by atoms with E-state index in [9.17, 15) is 30.6 Å². The van der Waals surface area contributed by atoms with Crippen molar-refractivity contribution in [2.45, 2.75) is 172 Å². The summed E-state index contributed by atoms with van der Waals surface area (Å²) in [6, 6.07) is 0. The van der Waals surface area contributed by atoms with E-state index in [2.05, 4.69) is 39.1 Å². The summed E-state index contributed by atoms with van der Waals surface area (Å²) in [7, 11) is 0. The van der Waals surface area contributed by atoms with Crippen LogP contribution in [-0.4, -0.2) is 123 Å². The Hall–Kier alpha value is -0.740. The molecule has 4 heterocycles. The van der Waals surface area contributed by atoms with Crippen molar-refractivity contribution in [3.05, 3.63) is 11.6 Å². The Labute approximate surface area is 302 Å². The number of ether oxygens (including phenoxy) is 5. The van der Waals surface area contributed by atoms with Gasteiger partial charge in [0.2, 0.25) is 0 Å². The fourth-order valence-corrected chi connectivity index (χ4v) is 12.7. The number of rotatable bonds is 5. The number of aliphatic hydroxyl groups excluding tert-OH is 6. The Morgan fingerprint density at radius 2 is 1.59 bits per heavy atom. The first-order chi connectivity index (χ1) is 24.2. The lowest BCUT2D eigenvalue weighted by Gasteiger charge is -2.59. The van der Waals surface area contributed by atoms with E-state index < -0.39 is 68.0 Å². The van der Waals surface area contributed by atoms with Crippen molar-refractivity contribution in [2.24, 2.45) is 46.3 Å². The molecule has 0 amide bonds. The van der Waals surface area contributed by atoms with Crippen LogP contribution in [0.1, 0.15) is 92.4 Å². The molecule has 8 rings (SSSR count). The van der Waals surface area contributed by atoms with Gasteiger partial charge in [0.15, 0.2) is 12.6 Å². The number of hydrogen-bond donors (Lipinski definition) is 7. The van der Waals surface area contributed by atoms with E-state index in [-0.39, 0.29) is 17.2 Å². The maximum Gasteiger partial charge on any atom is 0.187 e. The lowest BCUT2D eigenvalue weighted by Crippen LogP contribution is -2.64. The van der Waals surface area contributed by atoms with Crippen LogP contribution in [-0.2, 0) is 23.7 Å². The molecule has 4 aliphatic heterocycles. The smallest absolute Gasteiger partial charge is 0.187 e. The van der Waals surface area contributed by atoms with Crippen LogP contribution in [0.2, 0.25) is 0 Å². The minimum Gasteiger partial charge on any atom is -0.394 e. The van der Waals surface area contributed by atoms with Gasteiger partial charge in [-0.1, -0.05) is 39.3 Å². The first kappa shape index (κ1) is 37.2. The highest BCUT2D eigenvalue weighted by molar-refractivity contribution is 5.26. The third-order valence-corrected chi connectivity index (χ3v) is 15.8. The van der Waals surface area contributed by atoms with Crippen LogP contribution in [0.25, 0.3) is 0 Å². The molecule has 0 aromatic heterocycles. The van der Waals surface area contributed by atoms with Crippen LogP contribution in [0.15, 0.2) is 11.6 Å². The predicted octanol–water partition coefficient (Wildman–Crippen LogP) is 1.96. The van der Waals surface area contributed by atoms with E-state index in [1.807, 2.05) is 0 Å². The van der Waals surface area contributed by atoms with Crippen LogP contribution >= 0.6 is 0 Å². The summed E-state index contributed by atoms with van der Waals surface area (Å²) in [5, 5.41) is 67.0. The van der Waals surface area contributed by atoms with Crippen LogP contribution in [0.5, 0.6) is 0 Å². The van der Waals surface area contributed by atoms with Crippen LogP contribution in [0, 0.1) is 46.3 Å². The highest BCUT2D eigenvalue weighted by Crippen LogP contribution is 2.70. The van der Waals surface area contributed by atoms with E-state index >= 15 is 0 Å². The zero-order chi connectivity index (χ0) is 36.2. The minimum absolute atomic E-state index is 0.0881. The van der Waals surface area contributed by atoms with E-state index in [0.717, 1.165) is 38.6 Å². The number of piperidine rings is 1. The van der Waals surface area contributed by atoms with Crippen molar-refractivity contribution in [3.8, 4) is 0 Å². The molecule has 290 valence electrons. The van der Waals surface area contributed by atoms with Gasteiger partial charge in [0.1, 0.15) is 48.5 Å². The van der Waals surface area contributed by atoms with E-state index in [4.69, 9.17) is 23.7 Å². The second-order valence-corrected chi connectivity index (χ2v) is 18.4. The Balaban J connectivity index is 0.915. The van der Waals surface area contributed by atoms with Gasteiger partial charge in [0.25, 0.3) is 0 Å². The fourth-order valence-electron chi connectivity index (χ4n) is 12.7. The van der Waals surface area contributed by atoms with Crippen LogP contribution in [0.4, 0.5) is 0 Å². The molecular weight excluding hydrogens is 658 g/mol. The molecule has 7 N–H and O–H groups in total. The summed E-state index contributed by atoms with van der Waals surface area (Å²) in [4.78, 5) is 0. The molecule has 8 aliphatic rings. The monoisotopic (exact) mass is 721 g/mol. The van der Waals surface area contributed by atoms with E-state index in [1.165, 1.54) is 38.2 Å². The second-order valence-electron chi connectivity index (χ2n) is 18.4. The number of hydrogen-bond acceptors (Lipinski definition) is 12. The molecule has 1 spiro atoms. The maximum absolute atomic E-state index is 11.1. The molecule has 0 radical (unpaired) electrons. The molecule has 12 nitrogen and oxygen atoms in total. The Bertz CT molecular complexity index is 1310. The maximum atomic E-state index is 11.1. The van der Waals surface area contributed by atoms with Gasteiger partial charge in [-0.05, 0) is 105 Å². The number of nitrogens with one attached hydrogen (secondary N) is 1. The highest BCUT2D eigenvalue weighted by atomic mass is 16.7. The van der Waals surface area contributed by atoms with Crippen molar-refractivity contribution in [1.82, 2.24) is 5.32 Å². The van der Waals surface area contributed by atoms with Gasteiger partial charge >= 0.3 is 0 Å². The standard InChI is InChI=1S/C39H63NO11/c1-18-8-13-39(40-16-18)19(2)28-26(51-39)15-25-23-7-6-21-14-22(9-11-37(21,4)24(23)10-12-38(25,28)5)48-36-33(46)31(44)34(27(17-41)49-36)50-35-32(45)30(43)29(42)20(3)47-35/h6,18-20,22-36,40-46H,7-17H2,1-5H3/t18-,19-,20-,22+,23+,24-,25-,26-,27+,28-,29+,30+,31+,32+,33+,34+,35+,36+,37-,38-,39+/m1/s1. The number of allylic oxidation sites excluding steroid dienone is 1. The quantitative estimate of drug-likeness (QED) is 0.206. The lowest BCUT2D eigenvalue weighted by molar-refractivity contribution is -0.360. The normalized spacial score (nSPS) is 58.4. The third kappa shape index (κ3) is 5.84. The lowest BCUT2D eigenvalue weighted by atomic mass is 9.47. The van der Waals surface area contributed by atoms with Crippen LogP contribution < -0.4 is 5.32 Å². The zero-order valence-corrected chi connectivity index (χ0v) is 31.0. The molecule has 12 heteroatoms. The van der Waals surface area contributed by atoms with Crippen molar-refractivity contribution in [2.75, 3.05) is 13.2 Å². The van der Waals surface area contributed by atoms with Crippen LogP contribution in [0.3, 0.4) is 0 Å². The molecule has 51 heavy (non-hydrogen) atoms. The Morgan fingerprint density at radius 3 is 2.31 bits per heavy atom. The first-order valence-corrected chi connectivity index (χ1v) is 20.0. The summed E-state index contributed by atoms with van der Waals surface area (Å²) in [5.41, 5.74) is 1.66. The van der Waals surface area contributed by atoms with Gasteiger partial charge < -0.3 is 54.3 Å². The topological polar surface area (TPSA) is 180 Å². The summed E-state index contributed by atoms with van der Waals surface area (Å²) >= 11 is 0. The molecule has 4 saturated heterocycles. The van der Waals surface area contributed by atoms with Crippen molar-refractivity contribution < 1.29 is 54.3 Å². The molecule has 7 fully saturated rings. The van der Waals surface area contributed by atoms with Crippen molar-refractivity contribution in [1.29, 1.82) is 0 Å². The Morgan fingerprint density at radius 1 is 0.843 bits per heavy atom. The molecule has 0 aromatic rings. The molecule has 0 bridgehead atoms. The number of fused-ring (bicyclic) bond motifs is 7. The number of aliphatic hydroxyl groups is 6. The molecule has 0 unspecified atom stereocenters. The van der Waals surface area contributed by atoms with Gasteiger partial charge in [-0.25, -0.2) is 0 Å². The predicted molar refractivity (Wildman–Crippen MR) is 184 cm³/mol. The van der Waals surface area contributed by atoms with Gasteiger partial charge in [-0.2, -0.15) is 0 Å². The molecule has 3 saturated carbocycles. The average molecular weight is 722 g/mol. The molecule has 4 aliphatic carbocycles. The molecule has 0 aromatic carbocycles. The zero-order valence-electron chi connectivity index (χ0n) is 31.0.